The van der Waals surface area contributed by atoms with Gasteiger partial charge in [-0.1, -0.05) is 6.07 Å². The van der Waals surface area contributed by atoms with E-state index < -0.39 is 0 Å². The van der Waals surface area contributed by atoms with Crippen LogP contribution < -0.4 is 15.2 Å². The summed E-state index contributed by atoms with van der Waals surface area (Å²) in [7, 11) is 3.28. The molecule has 0 saturated heterocycles. The fourth-order valence-corrected chi connectivity index (χ4v) is 2.92. The van der Waals surface area contributed by atoms with Crippen LogP contribution in [0.5, 0.6) is 11.5 Å². The zero-order chi connectivity index (χ0) is 17.1. The topological polar surface area (TPSA) is 61.8 Å². The predicted octanol–water partition coefficient (Wildman–Crippen LogP) is 3.22. The molecule has 0 amide bonds. The third-order valence-corrected chi connectivity index (χ3v) is 4.14. The summed E-state index contributed by atoms with van der Waals surface area (Å²) in [5, 5.41) is 0. The summed E-state index contributed by atoms with van der Waals surface area (Å²) in [6.07, 6.45) is 3.92. The van der Waals surface area contributed by atoms with Crippen molar-refractivity contribution in [2.45, 2.75) is 19.8 Å². The van der Waals surface area contributed by atoms with Crippen molar-refractivity contribution in [3.05, 3.63) is 47.8 Å². The van der Waals surface area contributed by atoms with Gasteiger partial charge in [-0.3, -0.25) is 0 Å². The number of aromatic nitrogens is 2. The van der Waals surface area contributed by atoms with E-state index in [1.165, 1.54) is 11.3 Å². The molecule has 5 heteroatoms. The highest BCUT2D eigenvalue weighted by molar-refractivity contribution is 5.69. The van der Waals surface area contributed by atoms with Crippen LogP contribution in [-0.2, 0) is 6.42 Å². The van der Waals surface area contributed by atoms with Crippen LogP contribution in [0.2, 0.25) is 0 Å². The van der Waals surface area contributed by atoms with Crippen molar-refractivity contribution in [3.8, 4) is 22.8 Å². The van der Waals surface area contributed by atoms with E-state index in [-0.39, 0.29) is 0 Å². The Bertz CT molecular complexity index is 855. The summed E-state index contributed by atoms with van der Waals surface area (Å²) in [4.78, 5) is 4.83. The molecule has 1 aromatic carbocycles. The van der Waals surface area contributed by atoms with Gasteiger partial charge >= 0.3 is 0 Å². The first kappa shape index (κ1) is 16.3. The first-order chi connectivity index (χ1) is 11.7. The number of fused-ring (bicyclic) bond motifs is 1. The molecule has 0 aliphatic heterocycles. The zero-order valence-corrected chi connectivity index (χ0v) is 14.4. The number of methoxy groups -OCH3 is 2. The number of hydrogen-bond donors (Lipinski definition) is 1. The Morgan fingerprint density at radius 1 is 1.08 bits per heavy atom. The van der Waals surface area contributed by atoms with Crippen LogP contribution in [0.3, 0.4) is 0 Å². The van der Waals surface area contributed by atoms with E-state index >= 15 is 0 Å². The molecule has 126 valence electrons. The summed E-state index contributed by atoms with van der Waals surface area (Å²) >= 11 is 0. The molecular weight excluding hydrogens is 302 g/mol. The Morgan fingerprint density at radius 2 is 1.88 bits per heavy atom. The van der Waals surface area contributed by atoms with Crippen LogP contribution in [-0.4, -0.2) is 30.1 Å². The normalized spacial score (nSPS) is 11.0. The van der Waals surface area contributed by atoms with E-state index in [1.54, 1.807) is 14.2 Å². The number of nitrogens with zero attached hydrogens (tertiary/aromatic N) is 2. The fourth-order valence-electron chi connectivity index (χ4n) is 2.92. The van der Waals surface area contributed by atoms with Gasteiger partial charge in [0, 0.05) is 11.8 Å². The molecule has 3 aromatic rings. The molecule has 0 aliphatic rings. The summed E-state index contributed by atoms with van der Waals surface area (Å²) in [6.45, 7) is 2.74. The Labute approximate surface area is 142 Å². The average Bonchev–Trinajstić information content (AvgIpc) is 2.96. The first-order valence-electron chi connectivity index (χ1n) is 8.08. The van der Waals surface area contributed by atoms with E-state index in [1.807, 2.05) is 24.3 Å². The molecule has 0 saturated carbocycles. The van der Waals surface area contributed by atoms with Gasteiger partial charge in [0.1, 0.15) is 5.65 Å². The van der Waals surface area contributed by atoms with Crippen molar-refractivity contribution >= 4 is 5.65 Å². The van der Waals surface area contributed by atoms with Crippen molar-refractivity contribution in [3.63, 3.8) is 0 Å². The molecule has 0 aliphatic carbocycles. The van der Waals surface area contributed by atoms with Crippen LogP contribution in [0.15, 0.2) is 36.5 Å². The molecule has 0 unspecified atom stereocenters. The van der Waals surface area contributed by atoms with Crippen molar-refractivity contribution in [2.24, 2.45) is 5.73 Å². The van der Waals surface area contributed by atoms with Gasteiger partial charge in [-0.25, -0.2) is 4.98 Å². The molecule has 0 radical (unpaired) electrons. The Hall–Kier alpha value is -2.53. The molecule has 0 atom stereocenters. The number of benzene rings is 1. The maximum Gasteiger partial charge on any atom is 0.161 e. The molecule has 0 spiro atoms. The molecule has 3 rings (SSSR count). The largest absolute Gasteiger partial charge is 0.493 e. The van der Waals surface area contributed by atoms with Gasteiger partial charge in [0.05, 0.1) is 25.6 Å². The molecular formula is C19H23N3O2. The van der Waals surface area contributed by atoms with E-state index in [9.17, 15) is 0 Å². The lowest BCUT2D eigenvalue weighted by Crippen LogP contribution is -2.03. The van der Waals surface area contributed by atoms with Crippen molar-refractivity contribution < 1.29 is 9.47 Å². The number of nitrogens with two attached hydrogens (primary N) is 1. The second kappa shape index (κ2) is 6.93. The second-order valence-electron chi connectivity index (χ2n) is 5.80. The first-order valence-corrected chi connectivity index (χ1v) is 8.08. The van der Waals surface area contributed by atoms with Crippen molar-refractivity contribution in [1.82, 2.24) is 9.38 Å². The van der Waals surface area contributed by atoms with Gasteiger partial charge in [-0.2, -0.15) is 0 Å². The Morgan fingerprint density at radius 3 is 2.58 bits per heavy atom. The van der Waals surface area contributed by atoms with Crippen LogP contribution in [0.1, 0.15) is 17.7 Å². The van der Waals surface area contributed by atoms with Gasteiger partial charge in [0.15, 0.2) is 11.5 Å². The van der Waals surface area contributed by atoms with E-state index in [0.29, 0.717) is 18.0 Å². The number of aryl methyl sites for hydroxylation is 2. The minimum absolute atomic E-state index is 0.657. The molecule has 2 heterocycles. The summed E-state index contributed by atoms with van der Waals surface area (Å²) in [6, 6.07) is 10.0. The Kier molecular flexibility index (Phi) is 4.71. The van der Waals surface area contributed by atoms with Gasteiger partial charge in [-0.05, 0) is 56.1 Å². The third-order valence-electron chi connectivity index (χ3n) is 4.14. The molecule has 0 fully saturated rings. The smallest absolute Gasteiger partial charge is 0.161 e. The minimum Gasteiger partial charge on any atom is -0.493 e. The van der Waals surface area contributed by atoms with Crippen LogP contribution in [0.4, 0.5) is 0 Å². The van der Waals surface area contributed by atoms with Crippen molar-refractivity contribution in [1.29, 1.82) is 0 Å². The SMILES string of the molecule is COc1ccc(-c2nc3ccc(C)cn3c2CCCN)cc1OC. The number of hydrogen-bond acceptors (Lipinski definition) is 4. The standard InChI is InChI=1S/C19H23N3O2/c1-13-6-9-18-21-19(15(5-4-10-20)22(18)12-13)14-7-8-16(23-2)17(11-14)24-3/h6-9,11-12H,4-5,10,20H2,1-3H3. The maximum atomic E-state index is 5.73. The van der Waals surface area contributed by atoms with Gasteiger partial charge < -0.3 is 19.6 Å². The molecule has 24 heavy (non-hydrogen) atoms. The molecule has 0 bridgehead atoms. The van der Waals surface area contributed by atoms with Gasteiger partial charge in [-0.15, -0.1) is 0 Å². The third kappa shape index (κ3) is 2.95. The average molecular weight is 325 g/mol. The number of rotatable bonds is 6. The summed E-state index contributed by atoms with van der Waals surface area (Å²) in [5.74, 6) is 1.41. The predicted molar refractivity (Wildman–Crippen MR) is 95.8 cm³/mol. The Balaban J connectivity index is 2.17. The van der Waals surface area contributed by atoms with E-state index in [2.05, 4.69) is 23.6 Å². The van der Waals surface area contributed by atoms with E-state index in [4.69, 9.17) is 20.2 Å². The van der Waals surface area contributed by atoms with Crippen LogP contribution >= 0.6 is 0 Å². The lowest BCUT2D eigenvalue weighted by atomic mass is 10.1. The molecule has 5 nitrogen and oxygen atoms in total. The number of ether oxygens (including phenoxy) is 2. The monoisotopic (exact) mass is 325 g/mol. The molecule has 2 aromatic heterocycles. The van der Waals surface area contributed by atoms with Crippen LogP contribution in [0.25, 0.3) is 16.9 Å². The second-order valence-corrected chi connectivity index (χ2v) is 5.80. The summed E-state index contributed by atoms with van der Waals surface area (Å²) < 4.78 is 12.9. The highest BCUT2D eigenvalue weighted by Gasteiger charge is 2.16. The van der Waals surface area contributed by atoms with Gasteiger partial charge in [0.2, 0.25) is 0 Å². The number of imidazole rings is 1. The van der Waals surface area contributed by atoms with Gasteiger partial charge in [0.25, 0.3) is 0 Å². The maximum absolute atomic E-state index is 5.73. The minimum atomic E-state index is 0.657. The lowest BCUT2D eigenvalue weighted by molar-refractivity contribution is 0.355. The highest BCUT2D eigenvalue weighted by atomic mass is 16.5. The number of pyridine rings is 1. The molecule has 2 N–H and O–H groups in total. The quantitative estimate of drug-likeness (QED) is 0.756. The fraction of sp³-hybridized carbons (Fsp3) is 0.316. The summed E-state index contributed by atoms with van der Waals surface area (Å²) in [5.41, 5.74) is 11.0. The zero-order valence-electron chi connectivity index (χ0n) is 14.4. The van der Waals surface area contributed by atoms with Crippen molar-refractivity contribution in [2.75, 3.05) is 20.8 Å². The van der Waals surface area contributed by atoms with E-state index in [0.717, 1.165) is 29.7 Å². The van der Waals surface area contributed by atoms with Crippen LogP contribution in [0, 0.1) is 6.92 Å². The lowest BCUT2D eigenvalue weighted by Gasteiger charge is -2.10. The highest BCUT2D eigenvalue weighted by Crippen LogP contribution is 2.34.